The Balaban J connectivity index is 1.98. The number of thioether (sulfide) groups is 1. The van der Waals surface area contributed by atoms with E-state index in [1.165, 1.54) is 11.8 Å². The first-order valence-electron chi connectivity index (χ1n) is 7.46. The number of imide groups is 1. The molecule has 1 aromatic heterocycles. The molecule has 0 fully saturated rings. The predicted molar refractivity (Wildman–Crippen MR) is 91.4 cm³/mol. The van der Waals surface area contributed by atoms with Crippen LogP contribution < -0.4 is 10.6 Å². The number of nitrogens with zero attached hydrogens (tertiary/aromatic N) is 2. The maximum Gasteiger partial charge on any atom is 0.321 e. The number of aryl methyl sites for hydroxylation is 1. The van der Waals surface area contributed by atoms with E-state index in [1.807, 2.05) is 45.0 Å². The minimum absolute atomic E-state index is 0.0314. The summed E-state index contributed by atoms with van der Waals surface area (Å²) in [5, 5.41) is 6.66. The molecule has 2 rings (SSSR count). The molecular weight excluding hydrogens is 312 g/mol. The number of benzene rings is 1. The van der Waals surface area contributed by atoms with Gasteiger partial charge in [-0.2, -0.15) is 0 Å². The topological polar surface area (TPSA) is 84.0 Å². The van der Waals surface area contributed by atoms with Gasteiger partial charge in [-0.1, -0.05) is 36.9 Å². The Kier molecular flexibility index (Phi) is 5.92. The predicted octanol–water partition coefficient (Wildman–Crippen LogP) is 2.65. The molecular formula is C16H20N4O2S. The number of hydrogen-bond acceptors (Lipinski definition) is 5. The third kappa shape index (κ3) is 4.92. The van der Waals surface area contributed by atoms with E-state index in [9.17, 15) is 9.59 Å². The summed E-state index contributed by atoms with van der Waals surface area (Å²) in [6.45, 7) is 5.66. The molecule has 0 radical (unpaired) electrons. The average molecular weight is 332 g/mol. The first-order chi connectivity index (χ1) is 11.0. The lowest BCUT2D eigenvalue weighted by atomic mass is 10.2. The molecule has 0 spiro atoms. The average Bonchev–Trinajstić information content (AvgIpc) is 2.52. The van der Waals surface area contributed by atoms with Crippen molar-refractivity contribution in [2.75, 3.05) is 5.75 Å². The van der Waals surface area contributed by atoms with Gasteiger partial charge in [-0.05, 0) is 26.3 Å². The monoisotopic (exact) mass is 332 g/mol. The number of para-hydroxylation sites is 1. The van der Waals surface area contributed by atoms with Crippen LogP contribution in [0.2, 0.25) is 0 Å². The number of amides is 3. The van der Waals surface area contributed by atoms with Gasteiger partial charge in [0.05, 0.1) is 11.3 Å². The summed E-state index contributed by atoms with van der Waals surface area (Å²) in [4.78, 5) is 32.3. The molecule has 1 heterocycles. The smallest absolute Gasteiger partial charge is 0.321 e. The number of rotatable bonds is 5. The van der Waals surface area contributed by atoms with Crippen molar-refractivity contribution in [1.82, 2.24) is 20.6 Å². The third-order valence-corrected chi connectivity index (χ3v) is 4.25. The van der Waals surface area contributed by atoms with E-state index < -0.39 is 6.03 Å². The summed E-state index contributed by atoms with van der Waals surface area (Å²) in [6, 6.07) is 7.22. The fraction of sp³-hybridized carbons (Fsp3) is 0.375. The molecule has 2 aromatic rings. The van der Waals surface area contributed by atoms with Crippen molar-refractivity contribution < 1.29 is 9.59 Å². The number of aromatic nitrogens is 2. The second kappa shape index (κ2) is 7.92. The largest absolute Gasteiger partial charge is 0.335 e. The van der Waals surface area contributed by atoms with Crippen LogP contribution in [0.15, 0.2) is 29.3 Å². The van der Waals surface area contributed by atoms with Crippen molar-refractivity contribution in [3.8, 4) is 0 Å². The van der Waals surface area contributed by atoms with Crippen LogP contribution in [0.3, 0.4) is 0 Å². The minimum atomic E-state index is -0.464. The molecule has 0 aliphatic carbocycles. The SMILES string of the molecule is CC[C@@H](C)NC(=O)NC(=O)CSc1nc(C)nc2ccccc12. The van der Waals surface area contributed by atoms with Gasteiger partial charge in [-0.25, -0.2) is 14.8 Å². The molecule has 3 amide bonds. The van der Waals surface area contributed by atoms with Gasteiger partial charge >= 0.3 is 6.03 Å². The molecule has 23 heavy (non-hydrogen) atoms. The molecule has 2 N–H and O–H groups in total. The Labute approximate surface area is 139 Å². The van der Waals surface area contributed by atoms with E-state index in [0.29, 0.717) is 5.82 Å². The maximum atomic E-state index is 11.9. The number of fused-ring (bicyclic) bond motifs is 1. The highest BCUT2D eigenvalue weighted by Crippen LogP contribution is 2.24. The van der Waals surface area contributed by atoms with Gasteiger partial charge in [0.1, 0.15) is 10.9 Å². The summed E-state index contributed by atoms with van der Waals surface area (Å²) < 4.78 is 0. The fourth-order valence-electron chi connectivity index (χ4n) is 1.93. The first kappa shape index (κ1) is 17.2. The summed E-state index contributed by atoms with van der Waals surface area (Å²) in [5.74, 6) is 0.422. The van der Waals surface area contributed by atoms with E-state index in [0.717, 1.165) is 22.3 Å². The molecule has 0 saturated carbocycles. The van der Waals surface area contributed by atoms with Crippen LogP contribution in [-0.4, -0.2) is 33.7 Å². The normalized spacial score (nSPS) is 12.0. The van der Waals surface area contributed by atoms with Gasteiger partial charge in [-0.15, -0.1) is 0 Å². The van der Waals surface area contributed by atoms with Crippen LogP contribution in [0.1, 0.15) is 26.1 Å². The second-order valence-electron chi connectivity index (χ2n) is 5.21. The van der Waals surface area contributed by atoms with E-state index in [2.05, 4.69) is 20.6 Å². The van der Waals surface area contributed by atoms with Crippen LogP contribution >= 0.6 is 11.8 Å². The highest BCUT2D eigenvalue weighted by atomic mass is 32.2. The third-order valence-electron chi connectivity index (χ3n) is 3.26. The zero-order valence-corrected chi connectivity index (χ0v) is 14.2. The van der Waals surface area contributed by atoms with Crippen LogP contribution in [0, 0.1) is 6.92 Å². The number of carbonyl (C=O) groups is 2. The Morgan fingerprint density at radius 2 is 2.00 bits per heavy atom. The highest BCUT2D eigenvalue weighted by molar-refractivity contribution is 8.00. The molecule has 1 atom stereocenters. The van der Waals surface area contributed by atoms with E-state index in [4.69, 9.17) is 0 Å². The van der Waals surface area contributed by atoms with Gasteiger partial charge < -0.3 is 5.32 Å². The Hall–Kier alpha value is -2.15. The highest BCUT2D eigenvalue weighted by Gasteiger charge is 2.12. The van der Waals surface area contributed by atoms with Crippen molar-refractivity contribution >= 4 is 34.6 Å². The number of hydrogen-bond donors (Lipinski definition) is 2. The van der Waals surface area contributed by atoms with Crippen molar-refractivity contribution in [1.29, 1.82) is 0 Å². The number of nitrogens with one attached hydrogen (secondary N) is 2. The van der Waals surface area contributed by atoms with E-state index in [1.54, 1.807) is 0 Å². The molecule has 7 heteroatoms. The molecule has 0 saturated heterocycles. The summed E-state index contributed by atoms with van der Waals surface area (Å²) in [7, 11) is 0. The molecule has 122 valence electrons. The zero-order valence-electron chi connectivity index (χ0n) is 13.4. The molecule has 0 aliphatic rings. The van der Waals surface area contributed by atoms with Crippen LogP contribution in [-0.2, 0) is 4.79 Å². The van der Waals surface area contributed by atoms with Crippen molar-refractivity contribution in [2.24, 2.45) is 0 Å². The standard InChI is InChI=1S/C16H20N4O2S/c1-4-10(2)17-16(22)20-14(21)9-23-15-12-7-5-6-8-13(12)18-11(3)19-15/h5-8,10H,4,9H2,1-3H3,(H2,17,20,21,22)/t10-/m1/s1. The van der Waals surface area contributed by atoms with Crippen molar-refractivity contribution in [3.63, 3.8) is 0 Å². The van der Waals surface area contributed by atoms with E-state index in [-0.39, 0.29) is 17.7 Å². The second-order valence-corrected chi connectivity index (χ2v) is 6.18. The Bertz CT molecular complexity index is 720. The van der Waals surface area contributed by atoms with Gasteiger partial charge in [0.2, 0.25) is 5.91 Å². The van der Waals surface area contributed by atoms with Gasteiger partial charge in [0.25, 0.3) is 0 Å². The summed E-state index contributed by atoms with van der Waals surface area (Å²) in [5.41, 5.74) is 0.845. The number of urea groups is 1. The Morgan fingerprint density at radius 3 is 2.74 bits per heavy atom. The lowest BCUT2D eigenvalue weighted by Crippen LogP contribution is -2.43. The maximum absolute atomic E-state index is 11.9. The lowest BCUT2D eigenvalue weighted by Gasteiger charge is -2.11. The Morgan fingerprint density at radius 1 is 1.26 bits per heavy atom. The minimum Gasteiger partial charge on any atom is -0.335 e. The summed E-state index contributed by atoms with van der Waals surface area (Å²) >= 11 is 1.30. The van der Waals surface area contributed by atoms with Gasteiger partial charge in [-0.3, -0.25) is 10.1 Å². The fourth-order valence-corrected chi connectivity index (χ4v) is 2.79. The van der Waals surface area contributed by atoms with Gasteiger partial charge in [0, 0.05) is 11.4 Å². The summed E-state index contributed by atoms with van der Waals surface area (Å²) in [6.07, 6.45) is 0.808. The van der Waals surface area contributed by atoms with Gasteiger partial charge in [0.15, 0.2) is 0 Å². The molecule has 6 nitrogen and oxygen atoms in total. The lowest BCUT2D eigenvalue weighted by molar-refractivity contribution is -0.117. The number of carbonyl (C=O) groups excluding carboxylic acids is 2. The van der Waals surface area contributed by atoms with Crippen LogP contribution in [0.4, 0.5) is 4.79 Å². The molecule has 0 aliphatic heterocycles. The zero-order chi connectivity index (χ0) is 16.8. The quantitative estimate of drug-likeness (QED) is 0.649. The molecule has 0 unspecified atom stereocenters. The first-order valence-corrected chi connectivity index (χ1v) is 8.44. The van der Waals surface area contributed by atoms with Crippen molar-refractivity contribution in [3.05, 3.63) is 30.1 Å². The van der Waals surface area contributed by atoms with Crippen LogP contribution in [0.5, 0.6) is 0 Å². The molecule has 1 aromatic carbocycles. The molecule has 0 bridgehead atoms. The van der Waals surface area contributed by atoms with E-state index >= 15 is 0 Å². The van der Waals surface area contributed by atoms with Crippen molar-refractivity contribution in [2.45, 2.75) is 38.3 Å². The van der Waals surface area contributed by atoms with Crippen LogP contribution in [0.25, 0.3) is 10.9 Å².